The SMILES string of the molecule is FC(F)(F)c1cc([B-](c2cc(C(F)(F)F)cc(C(F)(F)F)c2)(c2cc(C(F)(F)F)cc(C(F)(F)F)c2)c2cc(C(F)(F)F)cc(C(F)(F)F)c2)cc(C(F)(F)F)c1.O=C(C[n+]1c(Cl)cc(Cl)c2ccccc21)c1ccccc1. The largest absolute Gasteiger partial charge is 0.416 e. The highest BCUT2D eigenvalue weighted by atomic mass is 35.5. The number of hydrogen-bond donors (Lipinski definition) is 0. The van der Waals surface area contributed by atoms with Gasteiger partial charge < -0.3 is 0 Å². The number of pyridine rings is 1. The van der Waals surface area contributed by atoms with Crippen LogP contribution in [0.5, 0.6) is 0 Å². The molecule has 0 saturated carbocycles. The van der Waals surface area contributed by atoms with Gasteiger partial charge in [0, 0.05) is 17.7 Å². The number of Topliss-reactive ketones (excluding diaryl/α,β-unsaturated/α-hetero) is 1. The van der Waals surface area contributed by atoms with Crippen LogP contribution in [0.3, 0.4) is 0 Å². The molecule has 2 nitrogen and oxygen atoms in total. The molecule has 0 aliphatic rings. The van der Waals surface area contributed by atoms with Gasteiger partial charge in [0.05, 0.1) is 54.9 Å². The lowest BCUT2D eigenvalue weighted by Gasteiger charge is -2.46. The first-order valence-corrected chi connectivity index (χ1v) is 21.9. The smallest absolute Gasteiger partial charge is 0.287 e. The molecular weight excluding hydrogens is 1160 g/mol. The van der Waals surface area contributed by atoms with Crippen LogP contribution in [0, 0.1) is 0 Å². The van der Waals surface area contributed by atoms with Gasteiger partial charge in [-0.05, 0) is 41.9 Å². The number of benzene rings is 6. The molecule has 78 heavy (non-hydrogen) atoms. The molecule has 29 heteroatoms. The quantitative estimate of drug-likeness (QED) is 0.0512. The van der Waals surface area contributed by atoms with E-state index in [1.807, 2.05) is 42.5 Å². The summed E-state index contributed by atoms with van der Waals surface area (Å²) in [6.07, 6.45) is -54.8. The number of halogens is 26. The molecule has 0 atom stereocenters. The van der Waals surface area contributed by atoms with Crippen LogP contribution in [0.4, 0.5) is 105 Å². The molecule has 0 aliphatic carbocycles. The molecule has 7 rings (SSSR count). The number of hydrogen-bond acceptors (Lipinski definition) is 1. The predicted octanol–water partition coefficient (Wildman–Crippen LogP) is 15.5. The lowest BCUT2D eigenvalue weighted by molar-refractivity contribution is -0.654. The number of fused-ring (bicyclic) bond motifs is 1. The van der Waals surface area contributed by atoms with Gasteiger partial charge in [0.1, 0.15) is 6.15 Å². The van der Waals surface area contributed by atoms with Gasteiger partial charge in [-0.2, -0.15) is 132 Å². The van der Waals surface area contributed by atoms with Crippen molar-refractivity contribution in [2.75, 3.05) is 0 Å². The number of ketones is 1. The summed E-state index contributed by atoms with van der Waals surface area (Å²) in [6, 6.07) is 9.67. The molecular formula is C49H24BCl2F24NO. The summed E-state index contributed by atoms with van der Waals surface area (Å²) >= 11 is 12.5. The summed E-state index contributed by atoms with van der Waals surface area (Å²) in [7, 11) is 0. The summed E-state index contributed by atoms with van der Waals surface area (Å²) < 4.78 is 343. The van der Waals surface area contributed by atoms with Crippen LogP contribution in [0.1, 0.15) is 54.9 Å². The third-order valence-corrected chi connectivity index (χ3v) is 12.4. The van der Waals surface area contributed by atoms with Crippen molar-refractivity contribution in [2.45, 2.75) is 56.0 Å². The molecule has 0 aliphatic heterocycles. The van der Waals surface area contributed by atoms with E-state index in [9.17, 15) is 110 Å². The van der Waals surface area contributed by atoms with Crippen LogP contribution in [0.15, 0.2) is 133 Å². The molecule has 0 saturated heterocycles. The Morgan fingerprint density at radius 3 is 0.885 bits per heavy atom. The summed E-state index contributed by atoms with van der Waals surface area (Å²) in [6.45, 7) is 0.181. The van der Waals surface area contributed by atoms with E-state index in [2.05, 4.69) is 0 Å². The lowest BCUT2D eigenvalue weighted by Crippen LogP contribution is -2.75. The Balaban J connectivity index is 0.000000387. The second-order valence-corrected chi connectivity index (χ2v) is 17.7. The Labute approximate surface area is 431 Å². The maximum absolute atomic E-state index is 14.2. The minimum Gasteiger partial charge on any atom is -0.287 e. The van der Waals surface area contributed by atoms with Gasteiger partial charge in [0.25, 0.3) is 5.15 Å². The fourth-order valence-electron chi connectivity index (χ4n) is 8.38. The molecule has 0 amide bonds. The zero-order valence-electron chi connectivity index (χ0n) is 37.7. The number of rotatable bonds is 7. The second-order valence-electron chi connectivity index (χ2n) is 16.9. The third kappa shape index (κ3) is 13.3. The number of nitrogens with zero attached hydrogens (tertiary/aromatic N) is 1. The maximum atomic E-state index is 14.2. The molecule has 0 fully saturated rings. The van der Waals surface area contributed by atoms with Gasteiger partial charge in [-0.25, -0.2) is 0 Å². The fourth-order valence-corrected chi connectivity index (χ4v) is 8.96. The molecule has 6 aromatic carbocycles. The van der Waals surface area contributed by atoms with Gasteiger partial charge in [-0.1, -0.05) is 103 Å². The van der Waals surface area contributed by atoms with E-state index in [0.29, 0.717) is 15.7 Å². The zero-order chi connectivity index (χ0) is 58.7. The van der Waals surface area contributed by atoms with Gasteiger partial charge in [0.15, 0.2) is 0 Å². The van der Waals surface area contributed by atoms with E-state index < -0.39 is 195 Å². The van der Waals surface area contributed by atoms with Gasteiger partial charge in [-0.3, -0.25) is 4.79 Å². The second kappa shape index (κ2) is 20.9. The normalized spacial score (nSPS) is 13.4. The predicted molar refractivity (Wildman–Crippen MR) is 235 cm³/mol. The Bertz CT molecular complexity index is 2930. The van der Waals surface area contributed by atoms with E-state index in [1.165, 1.54) is 0 Å². The van der Waals surface area contributed by atoms with Crippen molar-refractivity contribution in [3.8, 4) is 0 Å². The molecule has 0 unspecified atom stereocenters. The van der Waals surface area contributed by atoms with Crippen LogP contribution in [0.25, 0.3) is 10.9 Å². The monoisotopic (exact) mass is 1180 g/mol. The highest BCUT2D eigenvalue weighted by molar-refractivity contribution is 7.20. The average molecular weight is 1180 g/mol. The first-order valence-electron chi connectivity index (χ1n) is 21.1. The zero-order valence-corrected chi connectivity index (χ0v) is 39.2. The molecule has 7 aromatic rings. The molecule has 416 valence electrons. The van der Waals surface area contributed by atoms with Gasteiger partial charge in [0.2, 0.25) is 17.8 Å². The van der Waals surface area contributed by atoms with E-state index in [-0.39, 0.29) is 12.3 Å². The molecule has 1 aromatic heterocycles. The van der Waals surface area contributed by atoms with Crippen LogP contribution in [0.2, 0.25) is 10.2 Å². The van der Waals surface area contributed by atoms with E-state index in [4.69, 9.17) is 23.2 Å². The first kappa shape index (κ1) is 60.6. The summed E-state index contributed by atoms with van der Waals surface area (Å²) in [5.41, 5.74) is -28.7. The third-order valence-electron chi connectivity index (χ3n) is 11.8. The number of carbonyl (C=O) groups excluding carboxylic acids is 1. The number of aromatic nitrogens is 1. The van der Waals surface area contributed by atoms with Crippen LogP contribution < -0.4 is 26.4 Å². The summed E-state index contributed by atoms with van der Waals surface area (Å²) in [5.74, 6) is 0.00924. The van der Waals surface area contributed by atoms with Crippen LogP contribution >= 0.6 is 23.2 Å². The van der Waals surface area contributed by atoms with Crippen LogP contribution in [-0.4, -0.2) is 11.9 Å². The minimum atomic E-state index is -6.13. The molecule has 0 spiro atoms. The summed E-state index contributed by atoms with van der Waals surface area (Å²) in [4.78, 5) is 12.4. The Kier molecular flexibility index (Phi) is 16.2. The Morgan fingerprint density at radius 2 is 0.615 bits per heavy atom. The van der Waals surface area contributed by atoms with E-state index >= 15 is 0 Å². The van der Waals surface area contributed by atoms with Crippen molar-refractivity contribution in [2.24, 2.45) is 0 Å². The molecule has 1 heterocycles. The topological polar surface area (TPSA) is 20.9 Å². The first-order chi connectivity index (χ1) is 35.4. The minimum absolute atomic E-state index is 0.00924. The summed E-state index contributed by atoms with van der Waals surface area (Å²) in [5, 5.41) is 1.91. The van der Waals surface area contributed by atoms with E-state index in [0.717, 1.165) is 10.9 Å². The number of carbonyl (C=O) groups is 1. The molecule has 0 radical (unpaired) electrons. The fraction of sp³-hybridized carbons (Fsp3) is 0.184. The van der Waals surface area contributed by atoms with Crippen molar-refractivity contribution in [1.29, 1.82) is 0 Å². The Morgan fingerprint density at radius 1 is 0.359 bits per heavy atom. The number of para-hydroxylation sites is 1. The van der Waals surface area contributed by atoms with Crippen molar-refractivity contribution < 1.29 is 115 Å². The Hall–Kier alpha value is -6.64. The van der Waals surface area contributed by atoms with Gasteiger partial charge in [-0.15, -0.1) is 0 Å². The maximum Gasteiger partial charge on any atom is 0.416 e. The van der Waals surface area contributed by atoms with Gasteiger partial charge >= 0.3 is 49.4 Å². The van der Waals surface area contributed by atoms with Crippen molar-refractivity contribution >= 4 is 67.9 Å². The standard InChI is InChI=1S/C32H12BF24.C17H12Cl2NO/c34-25(35,36)13-1-14(26(37,38)39)6-21(5-13)33(22-7-15(27(40,41)42)2-16(8-22)28(43,44)45,23-9-17(29(46,47)48)3-18(10-23)30(49,50)51)24-11-19(31(52,53)54)4-20(12-24)32(55,56)57;18-14-10-17(19)20(15-9-5-4-8-13(14)15)11-16(21)12-6-2-1-3-7-12/h1-12H;1-10H,11H2/q-1;+1. The van der Waals surface area contributed by atoms with Crippen LogP contribution in [-0.2, 0) is 56.0 Å². The van der Waals surface area contributed by atoms with Crippen molar-refractivity contribution in [1.82, 2.24) is 0 Å². The van der Waals surface area contributed by atoms with Crippen molar-refractivity contribution in [3.63, 3.8) is 0 Å². The molecule has 0 N–H and O–H groups in total. The molecule has 0 bridgehead atoms. The highest BCUT2D eigenvalue weighted by Gasteiger charge is 2.47. The highest BCUT2D eigenvalue weighted by Crippen LogP contribution is 2.41. The average Bonchev–Trinajstić information content (AvgIpc) is 3.31. The number of alkyl halides is 24. The van der Waals surface area contributed by atoms with Crippen molar-refractivity contribution in [3.05, 3.63) is 194 Å². The van der Waals surface area contributed by atoms with E-state index in [1.54, 1.807) is 22.8 Å². The lowest BCUT2D eigenvalue weighted by atomic mass is 9.12.